The van der Waals surface area contributed by atoms with Gasteiger partial charge in [0.1, 0.15) is 11.2 Å². The minimum Gasteiger partial charge on any atom is -0.456 e. The van der Waals surface area contributed by atoms with E-state index in [1.807, 2.05) is 0 Å². The van der Waals surface area contributed by atoms with E-state index in [0.717, 1.165) is 39.0 Å². The Morgan fingerprint density at radius 2 is 1.00 bits per heavy atom. The van der Waals surface area contributed by atoms with Crippen LogP contribution in [-0.2, 0) is 21.7 Å². The van der Waals surface area contributed by atoms with Gasteiger partial charge in [-0.3, -0.25) is 0 Å². The van der Waals surface area contributed by atoms with Gasteiger partial charge in [-0.15, -0.1) is 0 Å². The van der Waals surface area contributed by atoms with Crippen LogP contribution in [0.25, 0.3) is 44.2 Å². The summed E-state index contributed by atoms with van der Waals surface area (Å²) in [7, 11) is 0. The van der Waals surface area contributed by atoms with Gasteiger partial charge in [-0.1, -0.05) is 130 Å². The molecular formula is C50H49NO. The van der Waals surface area contributed by atoms with Crippen LogP contribution in [0.4, 0.5) is 17.1 Å². The highest BCUT2D eigenvalue weighted by molar-refractivity contribution is 6.07. The number of hydrogen-bond acceptors (Lipinski definition) is 2. The summed E-state index contributed by atoms with van der Waals surface area (Å²) in [4.78, 5) is 2.47. The monoisotopic (exact) mass is 679 g/mol. The van der Waals surface area contributed by atoms with E-state index in [0.29, 0.717) is 0 Å². The molecule has 2 aliphatic rings. The number of nitrogens with zero attached hydrogens (tertiary/aromatic N) is 1. The van der Waals surface area contributed by atoms with Gasteiger partial charge in [-0.25, -0.2) is 0 Å². The number of benzene rings is 6. The van der Waals surface area contributed by atoms with Crippen molar-refractivity contribution in [1.82, 2.24) is 0 Å². The fourth-order valence-corrected chi connectivity index (χ4v) is 9.19. The standard InChI is InChI=1S/C50H49NO/c1-47(2,3)30-18-24-44-37(26-30)38-27-31(21-25-45(38)52-44)51(32-19-22-35-34-14-11-12-15-39(34)49(7,8)42(35)28-32)33-20-23-36-43(29-33)50(9,10)41-17-13-16-40(46(36)41)48(4,5)6/h11-29H,1-10H3. The van der Waals surface area contributed by atoms with Crippen LogP contribution in [0.3, 0.4) is 0 Å². The average Bonchev–Trinajstić information content (AvgIpc) is 3.66. The average molecular weight is 680 g/mol. The normalized spacial score (nSPS) is 15.4. The molecule has 0 atom stereocenters. The van der Waals surface area contributed by atoms with E-state index in [1.165, 1.54) is 55.6 Å². The van der Waals surface area contributed by atoms with Gasteiger partial charge in [0.25, 0.3) is 0 Å². The predicted octanol–water partition coefficient (Wildman–Crippen LogP) is 14.3. The van der Waals surface area contributed by atoms with E-state index in [4.69, 9.17) is 4.42 Å². The minimum atomic E-state index is -0.136. The molecule has 9 rings (SSSR count). The summed E-state index contributed by atoms with van der Waals surface area (Å²) in [6.45, 7) is 23.3. The van der Waals surface area contributed by atoms with E-state index in [1.54, 1.807) is 0 Å². The highest BCUT2D eigenvalue weighted by Crippen LogP contribution is 2.55. The zero-order valence-corrected chi connectivity index (χ0v) is 32.3. The summed E-state index contributed by atoms with van der Waals surface area (Å²) >= 11 is 0. The van der Waals surface area contributed by atoms with E-state index in [2.05, 4.69) is 189 Å². The fourth-order valence-electron chi connectivity index (χ4n) is 9.19. The van der Waals surface area contributed by atoms with Crippen molar-refractivity contribution in [3.8, 4) is 22.3 Å². The molecule has 0 saturated heterocycles. The van der Waals surface area contributed by atoms with Crippen molar-refractivity contribution in [1.29, 1.82) is 0 Å². The second-order valence-electron chi connectivity index (χ2n) is 18.3. The van der Waals surface area contributed by atoms with Gasteiger partial charge in [-0.2, -0.15) is 0 Å². The second-order valence-corrected chi connectivity index (χ2v) is 18.3. The molecule has 0 saturated carbocycles. The van der Waals surface area contributed by atoms with Gasteiger partial charge in [0, 0.05) is 38.7 Å². The molecule has 0 spiro atoms. The molecule has 0 amide bonds. The lowest BCUT2D eigenvalue weighted by Gasteiger charge is -2.29. The zero-order valence-electron chi connectivity index (χ0n) is 32.3. The zero-order chi connectivity index (χ0) is 36.5. The Hall–Kier alpha value is -5.08. The third-order valence-corrected chi connectivity index (χ3v) is 12.2. The molecule has 2 aliphatic carbocycles. The molecule has 2 nitrogen and oxygen atoms in total. The van der Waals surface area contributed by atoms with Gasteiger partial charge in [0.2, 0.25) is 0 Å². The maximum atomic E-state index is 6.43. The molecule has 260 valence electrons. The summed E-state index contributed by atoms with van der Waals surface area (Å²) in [6.07, 6.45) is 0. The quantitative estimate of drug-likeness (QED) is 0.185. The van der Waals surface area contributed by atoms with Crippen LogP contribution in [0.5, 0.6) is 0 Å². The van der Waals surface area contributed by atoms with Crippen LogP contribution >= 0.6 is 0 Å². The van der Waals surface area contributed by atoms with E-state index >= 15 is 0 Å². The van der Waals surface area contributed by atoms with Crippen LogP contribution < -0.4 is 4.90 Å². The van der Waals surface area contributed by atoms with Gasteiger partial charge in [0.15, 0.2) is 0 Å². The Morgan fingerprint density at radius 1 is 0.462 bits per heavy atom. The van der Waals surface area contributed by atoms with E-state index < -0.39 is 0 Å². The lowest BCUT2D eigenvalue weighted by Crippen LogP contribution is -2.18. The molecule has 0 bridgehead atoms. The largest absolute Gasteiger partial charge is 0.456 e. The van der Waals surface area contributed by atoms with Crippen molar-refractivity contribution in [2.45, 2.75) is 90.9 Å². The molecule has 0 fully saturated rings. The highest BCUT2D eigenvalue weighted by atomic mass is 16.3. The number of anilines is 3. The maximum Gasteiger partial charge on any atom is 0.135 e. The summed E-state index contributed by atoms with van der Waals surface area (Å²) in [6, 6.07) is 43.5. The molecule has 0 radical (unpaired) electrons. The first kappa shape index (κ1) is 32.8. The number of fused-ring (bicyclic) bond motifs is 9. The predicted molar refractivity (Wildman–Crippen MR) is 221 cm³/mol. The Kier molecular flexibility index (Phi) is 6.77. The van der Waals surface area contributed by atoms with E-state index in [-0.39, 0.29) is 21.7 Å². The number of furan rings is 1. The Balaban J connectivity index is 1.28. The molecule has 2 heteroatoms. The van der Waals surface area contributed by atoms with Gasteiger partial charge in [-0.05, 0) is 121 Å². The third kappa shape index (κ3) is 4.69. The second kappa shape index (κ2) is 10.7. The highest BCUT2D eigenvalue weighted by Gasteiger charge is 2.40. The first-order chi connectivity index (χ1) is 24.5. The lowest BCUT2D eigenvalue weighted by molar-refractivity contribution is 0.589. The molecule has 0 N–H and O–H groups in total. The van der Waals surface area contributed by atoms with E-state index in [9.17, 15) is 0 Å². The first-order valence-electron chi connectivity index (χ1n) is 18.9. The van der Waals surface area contributed by atoms with Crippen molar-refractivity contribution >= 4 is 39.0 Å². The Labute approximate surface area is 309 Å². The van der Waals surface area contributed by atoms with Crippen LogP contribution in [0.1, 0.15) is 103 Å². The molecule has 1 heterocycles. The van der Waals surface area contributed by atoms with Crippen molar-refractivity contribution < 1.29 is 4.42 Å². The van der Waals surface area contributed by atoms with Crippen molar-refractivity contribution in [2.24, 2.45) is 0 Å². The van der Waals surface area contributed by atoms with Crippen molar-refractivity contribution in [3.63, 3.8) is 0 Å². The molecule has 52 heavy (non-hydrogen) atoms. The maximum absolute atomic E-state index is 6.43. The van der Waals surface area contributed by atoms with Crippen LogP contribution in [0.2, 0.25) is 0 Å². The first-order valence-corrected chi connectivity index (χ1v) is 18.9. The van der Waals surface area contributed by atoms with Gasteiger partial charge < -0.3 is 9.32 Å². The fraction of sp³-hybridized carbons (Fsp3) is 0.280. The minimum absolute atomic E-state index is 0.0396. The molecule has 0 unspecified atom stereocenters. The Bertz CT molecular complexity index is 2600. The van der Waals surface area contributed by atoms with Crippen LogP contribution in [0.15, 0.2) is 120 Å². The summed E-state index contributed by atoms with van der Waals surface area (Å²) in [5.41, 5.74) is 18.8. The molecule has 7 aromatic rings. The molecule has 6 aromatic carbocycles. The molecular weight excluding hydrogens is 631 g/mol. The lowest BCUT2D eigenvalue weighted by atomic mass is 9.79. The number of rotatable bonds is 3. The van der Waals surface area contributed by atoms with Crippen LogP contribution in [-0.4, -0.2) is 0 Å². The number of hydrogen-bond donors (Lipinski definition) is 0. The smallest absolute Gasteiger partial charge is 0.135 e. The summed E-state index contributed by atoms with van der Waals surface area (Å²) in [5, 5.41) is 2.30. The van der Waals surface area contributed by atoms with Crippen molar-refractivity contribution in [2.75, 3.05) is 4.90 Å². The molecule has 0 aliphatic heterocycles. The molecule has 1 aromatic heterocycles. The van der Waals surface area contributed by atoms with Crippen molar-refractivity contribution in [3.05, 3.63) is 149 Å². The Morgan fingerprint density at radius 3 is 1.69 bits per heavy atom. The SMILES string of the molecule is CC(C)(C)c1ccc2oc3ccc(N(c4ccc5c(c4)C(C)(C)c4ccccc4-5)c4ccc5c(c4)C(C)(C)c4cccc(C(C)(C)C)c4-5)cc3c2c1. The van der Waals surface area contributed by atoms with Gasteiger partial charge in [0.05, 0.1) is 0 Å². The van der Waals surface area contributed by atoms with Gasteiger partial charge >= 0.3 is 0 Å². The van der Waals surface area contributed by atoms with Crippen LogP contribution in [0, 0.1) is 0 Å². The summed E-state index contributed by atoms with van der Waals surface area (Å²) in [5.74, 6) is 0. The topological polar surface area (TPSA) is 16.4 Å². The summed E-state index contributed by atoms with van der Waals surface area (Å²) < 4.78 is 6.43. The third-order valence-electron chi connectivity index (χ3n) is 12.2.